The van der Waals surface area contributed by atoms with Crippen LogP contribution in [0.4, 0.5) is 5.69 Å². The summed E-state index contributed by atoms with van der Waals surface area (Å²) in [6.45, 7) is 5.92. The minimum atomic E-state index is -0.249. The summed E-state index contributed by atoms with van der Waals surface area (Å²) in [4.78, 5) is 28.6. The highest BCUT2D eigenvalue weighted by Gasteiger charge is 2.30. The second-order valence-corrected chi connectivity index (χ2v) is 6.71. The molecule has 0 aliphatic carbocycles. The van der Waals surface area contributed by atoms with Gasteiger partial charge < -0.3 is 15.0 Å². The Kier molecular flexibility index (Phi) is 6.04. The Hall–Kier alpha value is -1.92. The van der Waals surface area contributed by atoms with Crippen molar-refractivity contribution in [2.75, 3.05) is 44.6 Å². The first-order valence-corrected chi connectivity index (χ1v) is 9.17. The maximum Gasteiger partial charge on any atom is 0.251 e. The van der Waals surface area contributed by atoms with Gasteiger partial charge in [0.1, 0.15) is 6.10 Å². The molecule has 0 saturated carbocycles. The van der Waals surface area contributed by atoms with Crippen molar-refractivity contribution in [1.29, 1.82) is 0 Å². The fourth-order valence-corrected chi connectivity index (χ4v) is 3.38. The Labute approximate surface area is 149 Å². The monoisotopic (exact) mass is 345 g/mol. The molecule has 0 bridgehead atoms. The molecule has 0 spiro atoms. The normalized spacial score (nSPS) is 21.3. The van der Waals surface area contributed by atoms with E-state index in [2.05, 4.69) is 23.2 Å². The average Bonchev–Trinajstić information content (AvgIpc) is 3.16. The number of piperazine rings is 1. The van der Waals surface area contributed by atoms with Gasteiger partial charge in [-0.2, -0.15) is 0 Å². The number of nitrogens with zero attached hydrogens (tertiary/aromatic N) is 2. The predicted octanol–water partition coefficient (Wildman–Crippen LogP) is 1.51. The van der Waals surface area contributed by atoms with Crippen molar-refractivity contribution in [3.8, 4) is 0 Å². The summed E-state index contributed by atoms with van der Waals surface area (Å²) < 4.78 is 5.48. The summed E-state index contributed by atoms with van der Waals surface area (Å²) >= 11 is 0. The molecule has 0 radical (unpaired) electrons. The fourth-order valence-electron chi connectivity index (χ4n) is 3.38. The van der Waals surface area contributed by atoms with Gasteiger partial charge >= 0.3 is 0 Å². The molecule has 6 heteroatoms. The summed E-state index contributed by atoms with van der Waals surface area (Å²) in [5, 5.41) is 2.96. The number of carbonyl (C=O) groups is 2. The molecule has 3 rings (SSSR count). The van der Waals surface area contributed by atoms with Crippen LogP contribution in [0.3, 0.4) is 0 Å². The molecule has 2 aliphatic rings. The zero-order valence-electron chi connectivity index (χ0n) is 14.9. The third-order valence-electron chi connectivity index (χ3n) is 4.88. The summed E-state index contributed by atoms with van der Waals surface area (Å²) in [6, 6.07) is 7.94. The first kappa shape index (κ1) is 17.9. The first-order valence-electron chi connectivity index (χ1n) is 9.17. The Bertz CT molecular complexity index is 606. The summed E-state index contributed by atoms with van der Waals surface area (Å²) in [6.07, 6.45) is 2.50. The Morgan fingerprint density at radius 2 is 2.04 bits per heavy atom. The molecule has 2 saturated heterocycles. The van der Waals surface area contributed by atoms with E-state index in [1.807, 2.05) is 23.1 Å². The topological polar surface area (TPSA) is 61.9 Å². The standard InChI is InChI=1S/C19H27N3O3/c1-2-15-5-3-6-16(13-15)20-18(23)14-21-8-10-22(11-9-21)19(24)17-7-4-12-25-17/h3,5-6,13,17H,2,4,7-12,14H2,1H3,(H,20,23)/t17-/m1/s1. The third kappa shape index (κ3) is 4.80. The van der Waals surface area contributed by atoms with Crippen LogP contribution in [-0.2, 0) is 20.7 Å². The van der Waals surface area contributed by atoms with Gasteiger partial charge in [0.05, 0.1) is 6.54 Å². The molecule has 25 heavy (non-hydrogen) atoms. The highest BCUT2D eigenvalue weighted by molar-refractivity contribution is 5.92. The lowest BCUT2D eigenvalue weighted by atomic mass is 10.1. The average molecular weight is 345 g/mol. The number of rotatable bonds is 5. The quantitative estimate of drug-likeness (QED) is 0.879. The van der Waals surface area contributed by atoms with E-state index in [0.29, 0.717) is 26.2 Å². The Morgan fingerprint density at radius 3 is 2.72 bits per heavy atom. The second kappa shape index (κ2) is 8.45. The van der Waals surface area contributed by atoms with Crippen molar-refractivity contribution in [1.82, 2.24) is 9.80 Å². The first-order chi connectivity index (χ1) is 12.2. The molecule has 2 amide bonds. The van der Waals surface area contributed by atoms with Crippen LogP contribution in [0.2, 0.25) is 0 Å². The second-order valence-electron chi connectivity index (χ2n) is 6.71. The zero-order chi connectivity index (χ0) is 17.6. The van der Waals surface area contributed by atoms with Gasteiger partial charge in [-0.1, -0.05) is 19.1 Å². The van der Waals surface area contributed by atoms with Gasteiger partial charge in [-0.05, 0) is 37.0 Å². The number of aryl methyl sites for hydroxylation is 1. The van der Waals surface area contributed by atoms with Crippen LogP contribution >= 0.6 is 0 Å². The van der Waals surface area contributed by atoms with Crippen LogP contribution in [0.1, 0.15) is 25.3 Å². The van der Waals surface area contributed by atoms with Gasteiger partial charge in [-0.3, -0.25) is 14.5 Å². The molecule has 136 valence electrons. The van der Waals surface area contributed by atoms with E-state index in [4.69, 9.17) is 4.74 Å². The van der Waals surface area contributed by atoms with Gasteiger partial charge in [-0.25, -0.2) is 0 Å². The molecule has 2 aliphatic heterocycles. The molecule has 1 aromatic carbocycles. The number of benzene rings is 1. The van der Waals surface area contributed by atoms with Crippen molar-refractivity contribution in [3.05, 3.63) is 29.8 Å². The van der Waals surface area contributed by atoms with Crippen molar-refractivity contribution in [3.63, 3.8) is 0 Å². The molecule has 2 fully saturated rings. The number of nitrogens with one attached hydrogen (secondary N) is 1. The van der Waals surface area contributed by atoms with Crippen LogP contribution in [0, 0.1) is 0 Å². The van der Waals surface area contributed by atoms with E-state index in [9.17, 15) is 9.59 Å². The zero-order valence-corrected chi connectivity index (χ0v) is 14.9. The van der Waals surface area contributed by atoms with E-state index in [-0.39, 0.29) is 17.9 Å². The Balaban J connectivity index is 1.43. The van der Waals surface area contributed by atoms with E-state index < -0.39 is 0 Å². The Morgan fingerprint density at radius 1 is 1.24 bits per heavy atom. The summed E-state index contributed by atoms with van der Waals surface area (Å²) in [7, 11) is 0. The molecule has 1 aromatic rings. The van der Waals surface area contributed by atoms with Gasteiger partial charge in [0, 0.05) is 38.5 Å². The van der Waals surface area contributed by atoms with Crippen molar-refractivity contribution in [2.45, 2.75) is 32.3 Å². The molecule has 6 nitrogen and oxygen atoms in total. The number of ether oxygens (including phenoxy) is 1. The maximum atomic E-state index is 12.3. The van der Waals surface area contributed by atoms with Crippen molar-refractivity contribution in [2.24, 2.45) is 0 Å². The van der Waals surface area contributed by atoms with Crippen LogP contribution in [0.5, 0.6) is 0 Å². The SMILES string of the molecule is CCc1cccc(NC(=O)CN2CCN(C(=O)[C@H]3CCCO3)CC2)c1. The highest BCUT2D eigenvalue weighted by Crippen LogP contribution is 2.16. The van der Waals surface area contributed by atoms with E-state index in [0.717, 1.165) is 38.0 Å². The van der Waals surface area contributed by atoms with E-state index in [1.54, 1.807) is 0 Å². The van der Waals surface area contributed by atoms with Gasteiger partial charge in [0.15, 0.2) is 0 Å². The number of anilines is 1. The molecule has 2 heterocycles. The van der Waals surface area contributed by atoms with Crippen LogP contribution in [-0.4, -0.2) is 67.0 Å². The van der Waals surface area contributed by atoms with Crippen molar-refractivity contribution < 1.29 is 14.3 Å². The number of hydrogen-bond acceptors (Lipinski definition) is 4. The maximum absolute atomic E-state index is 12.3. The van der Waals surface area contributed by atoms with E-state index >= 15 is 0 Å². The number of amides is 2. The van der Waals surface area contributed by atoms with Crippen LogP contribution in [0.25, 0.3) is 0 Å². The summed E-state index contributed by atoms with van der Waals surface area (Å²) in [5.74, 6) is 0.102. The van der Waals surface area contributed by atoms with Gasteiger partial charge in [0.25, 0.3) is 5.91 Å². The third-order valence-corrected chi connectivity index (χ3v) is 4.88. The van der Waals surface area contributed by atoms with Crippen LogP contribution < -0.4 is 5.32 Å². The minimum Gasteiger partial charge on any atom is -0.368 e. The number of carbonyl (C=O) groups excluding carboxylic acids is 2. The van der Waals surface area contributed by atoms with Crippen molar-refractivity contribution >= 4 is 17.5 Å². The smallest absolute Gasteiger partial charge is 0.251 e. The molecule has 1 atom stereocenters. The predicted molar refractivity (Wildman–Crippen MR) is 96.4 cm³/mol. The molecule has 0 aromatic heterocycles. The number of hydrogen-bond donors (Lipinski definition) is 1. The lowest BCUT2D eigenvalue weighted by Gasteiger charge is -2.35. The molecular weight excluding hydrogens is 318 g/mol. The van der Waals surface area contributed by atoms with Gasteiger partial charge in [-0.15, -0.1) is 0 Å². The molecular formula is C19H27N3O3. The minimum absolute atomic E-state index is 0.00726. The van der Waals surface area contributed by atoms with E-state index in [1.165, 1.54) is 5.56 Å². The largest absolute Gasteiger partial charge is 0.368 e. The fraction of sp³-hybridized carbons (Fsp3) is 0.579. The lowest BCUT2D eigenvalue weighted by molar-refractivity contribution is -0.142. The lowest BCUT2D eigenvalue weighted by Crippen LogP contribution is -2.52. The molecule has 1 N–H and O–H groups in total. The highest BCUT2D eigenvalue weighted by atomic mass is 16.5. The van der Waals surface area contributed by atoms with Gasteiger partial charge in [0.2, 0.25) is 5.91 Å². The van der Waals surface area contributed by atoms with Crippen LogP contribution in [0.15, 0.2) is 24.3 Å². The molecule has 0 unspecified atom stereocenters. The summed E-state index contributed by atoms with van der Waals surface area (Å²) in [5.41, 5.74) is 2.05.